The number of nitrogens with one attached hydrogen (secondary N) is 4. The summed E-state index contributed by atoms with van der Waals surface area (Å²) >= 11 is 0. The number of nitrogens with zero attached hydrogens (tertiary/aromatic N) is 1. The van der Waals surface area contributed by atoms with Crippen molar-refractivity contribution in [3.8, 4) is 0 Å². The summed E-state index contributed by atoms with van der Waals surface area (Å²) in [6, 6.07) is 3.81. The summed E-state index contributed by atoms with van der Waals surface area (Å²) in [6.07, 6.45) is 4.21. The zero-order valence-electron chi connectivity index (χ0n) is 18.2. The number of carboxylic acid groups (broad SMARTS) is 2. The van der Waals surface area contributed by atoms with Crippen molar-refractivity contribution in [3.63, 3.8) is 0 Å². The third kappa shape index (κ3) is 6.42. The van der Waals surface area contributed by atoms with E-state index >= 15 is 0 Å². The van der Waals surface area contributed by atoms with E-state index in [0.717, 1.165) is 10.9 Å². The molecule has 0 aliphatic carbocycles. The van der Waals surface area contributed by atoms with E-state index in [-0.39, 0.29) is 25.7 Å². The Kier molecular flexibility index (Phi) is 7.98. The lowest BCUT2D eigenvalue weighted by Gasteiger charge is -2.22. The molecule has 0 fully saturated rings. The van der Waals surface area contributed by atoms with Crippen LogP contribution in [-0.2, 0) is 32.0 Å². The number of fused-ring (bicyclic) bond motifs is 1. The molecule has 3 atom stereocenters. The largest absolute Gasteiger partial charge is 0.481 e. The summed E-state index contributed by atoms with van der Waals surface area (Å²) in [6.45, 7) is 0. The van der Waals surface area contributed by atoms with Crippen molar-refractivity contribution in [2.45, 2.75) is 43.8 Å². The molecule has 0 aliphatic rings. The number of rotatable bonds is 12. The number of nitrogens with two attached hydrogens (primary N) is 1. The van der Waals surface area contributed by atoms with Crippen molar-refractivity contribution >= 4 is 34.7 Å². The van der Waals surface area contributed by atoms with E-state index in [1.54, 1.807) is 6.20 Å². The summed E-state index contributed by atoms with van der Waals surface area (Å²) in [5, 5.41) is 24.3. The van der Waals surface area contributed by atoms with Gasteiger partial charge in [0.1, 0.15) is 12.1 Å². The molecule has 0 saturated carbocycles. The van der Waals surface area contributed by atoms with Gasteiger partial charge < -0.3 is 36.5 Å². The number of aromatic nitrogens is 3. The zero-order chi connectivity index (χ0) is 24.7. The minimum atomic E-state index is -1.26. The Morgan fingerprint density at radius 3 is 2.41 bits per heavy atom. The first kappa shape index (κ1) is 24.5. The van der Waals surface area contributed by atoms with E-state index in [1.807, 2.05) is 24.3 Å². The molecule has 3 aromatic rings. The van der Waals surface area contributed by atoms with Crippen LogP contribution in [0.5, 0.6) is 0 Å². The van der Waals surface area contributed by atoms with Gasteiger partial charge in [0.2, 0.25) is 11.8 Å². The molecule has 34 heavy (non-hydrogen) atoms. The van der Waals surface area contributed by atoms with Crippen LogP contribution in [0.4, 0.5) is 0 Å². The van der Waals surface area contributed by atoms with Gasteiger partial charge in [-0.15, -0.1) is 0 Å². The molecule has 0 saturated heterocycles. The Bertz CT molecular complexity index is 1160. The van der Waals surface area contributed by atoms with Crippen molar-refractivity contribution in [2.24, 2.45) is 5.73 Å². The van der Waals surface area contributed by atoms with Gasteiger partial charge in [-0.2, -0.15) is 0 Å². The number of hydrogen-bond acceptors (Lipinski definition) is 6. The highest BCUT2D eigenvalue weighted by Crippen LogP contribution is 2.19. The second-order valence-electron chi connectivity index (χ2n) is 7.83. The van der Waals surface area contributed by atoms with E-state index in [2.05, 4.69) is 25.6 Å². The maximum absolute atomic E-state index is 13.0. The van der Waals surface area contributed by atoms with Crippen molar-refractivity contribution in [2.75, 3.05) is 0 Å². The van der Waals surface area contributed by atoms with Gasteiger partial charge in [-0.1, -0.05) is 18.2 Å². The highest BCUT2D eigenvalue weighted by molar-refractivity contribution is 5.92. The van der Waals surface area contributed by atoms with Gasteiger partial charge in [-0.3, -0.25) is 14.4 Å². The molecule has 180 valence electrons. The topological polar surface area (TPSA) is 203 Å². The lowest BCUT2D eigenvalue weighted by molar-refractivity contribution is -0.142. The predicted molar refractivity (Wildman–Crippen MR) is 121 cm³/mol. The number of aliphatic carboxylic acids is 2. The van der Waals surface area contributed by atoms with Crippen LogP contribution in [0.25, 0.3) is 10.9 Å². The molecule has 12 heteroatoms. The molecule has 2 amide bonds. The number of amides is 2. The van der Waals surface area contributed by atoms with Gasteiger partial charge in [0.25, 0.3) is 0 Å². The number of imidazole rings is 1. The second kappa shape index (κ2) is 11.1. The summed E-state index contributed by atoms with van der Waals surface area (Å²) < 4.78 is 0. The normalized spacial score (nSPS) is 13.7. The van der Waals surface area contributed by atoms with E-state index < -0.39 is 41.9 Å². The third-order valence-corrected chi connectivity index (χ3v) is 5.32. The van der Waals surface area contributed by atoms with Crippen LogP contribution in [0.3, 0.4) is 0 Å². The molecule has 12 nitrogen and oxygen atoms in total. The van der Waals surface area contributed by atoms with E-state index in [4.69, 9.17) is 10.8 Å². The lowest BCUT2D eigenvalue weighted by Crippen LogP contribution is -2.55. The Morgan fingerprint density at radius 2 is 1.74 bits per heavy atom. The van der Waals surface area contributed by atoms with Gasteiger partial charge in [0.15, 0.2) is 0 Å². The number of carbonyl (C=O) groups excluding carboxylic acids is 2. The Balaban J connectivity index is 1.73. The first-order valence-corrected chi connectivity index (χ1v) is 10.6. The first-order chi connectivity index (χ1) is 16.2. The second-order valence-corrected chi connectivity index (χ2v) is 7.83. The number of carboxylic acids is 2. The van der Waals surface area contributed by atoms with Gasteiger partial charge in [0.05, 0.1) is 18.1 Å². The summed E-state index contributed by atoms with van der Waals surface area (Å²) in [5.41, 5.74) is 7.77. The number of carbonyl (C=O) groups is 4. The monoisotopic (exact) mass is 470 g/mol. The molecule has 2 heterocycles. The smallest absolute Gasteiger partial charge is 0.326 e. The van der Waals surface area contributed by atoms with E-state index in [9.17, 15) is 24.3 Å². The van der Waals surface area contributed by atoms with Crippen LogP contribution in [0.1, 0.15) is 24.1 Å². The summed E-state index contributed by atoms with van der Waals surface area (Å²) in [7, 11) is 0. The van der Waals surface area contributed by atoms with Crippen LogP contribution in [0.2, 0.25) is 0 Å². The van der Waals surface area contributed by atoms with Crippen LogP contribution in [0.15, 0.2) is 43.0 Å². The SMILES string of the molecule is N[C@@H](CCC(=O)O)C(=O)N[C@@H](Cc1c[nH]cn1)C(=O)N[C@@H](Cc1c[nH]c2ccccc12)C(=O)O. The van der Waals surface area contributed by atoms with Crippen molar-refractivity contribution in [3.05, 3.63) is 54.2 Å². The fourth-order valence-corrected chi connectivity index (χ4v) is 3.50. The van der Waals surface area contributed by atoms with Crippen molar-refractivity contribution < 1.29 is 29.4 Å². The molecule has 0 spiro atoms. The van der Waals surface area contributed by atoms with Crippen molar-refractivity contribution in [1.82, 2.24) is 25.6 Å². The highest BCUT2D eigenvalue weighted by Gasteiger charge is 2.29. The molecule has 0 radical (unpaired) electrons. The maximum Gasteiger partial charge on any atom is 0.326 e. The Morgan fingerprint density at radius 1 is 1.00 bits per heavy atom. The molecular weight excluding hydrogens is 444 g/mol. The van der Waals surface area contributed by atoms with Crippen LogP contribution in [-0.4, -0.2) is 67.0 Å². The molecule has 3 rings (SSSR count). The average Bonchev–Trinajstić information content (AvgIpc) is 3.46. The molecular formula is C22H26N6O6. The molecule has 2 aromatic heterocycles. The maximum atomic E-state index is 13.0. The first-order valence-electron chi connectivity index (χ1n) is 10.6. The average molecular weight is 470 g/mol. The number of para-hydroxylation sites is 1. The third-order valence-electron chi connectivity index (χ3n) is 5.32. The van der Waals surface area contributed by atoms with E-state index in [1.165, 1.54) is 12.5 Å². The molecule has 0 unspecified atom stereocenters. The lowest BCUT2D eigenvalue weighted by atomic mass is 10.0. The van der Waals surface area contributed by atoms with Gasteiger partial charge in [-0.05, 0) is 18.1 Å². The number of benzene rings is 1. The van der Waals surface area contributed by atoms with Crippen LogP contribution in [0, 0.1) is 0 Å². The standard InChI is InChI=1S/C22H26N6O6/c23-15(5-6-19(29)30)20(31)27-17(8-13-10-24-11-26-13)21(32)28-18(22(33)34)7-12-9-25-16-4-2-1-3-14(12)16/h1-4,9-11,15,17-18,25H,5-8,23H2,(H,24,26)(H,27,31)(H,28,32)(H,29,30)(H,33,34)/t15-,17-,18-/m0/s1. The Labute approximate surface area is 193 Å². The molecule has 0 bridgehead atoms. The summed E-state index contributed by atoms with van der Waals surface area (Å²) in [5.74, 6) is -3.79. The van der Waals surface area contributed by atoms with Crippen molar-refractivity contribution in [1.29, 1.82) is 0 Å². The molecule has 0 aliphatic heterocycles. The van der Waals surface area contributed by atoms with Gasteiger partial charge in [-0.25, -0.2) is 9.78 Å². The highest BCUT2D eigenvalue weighted by atomic mass is 16.4. The van der Waals surface area contributed by atoms with E-state index in [0.29, 0.717) is 11.3 Å². The fourth-order valence-electron chi connectivity index (χ4n) is 3.50. The fraction of sp³-hybridized carbons (Fsp3) is 0.318. The summed E-state index contributed by atoms with van der Waals surface area (Å²) in [4.78, 5) is 58.0. The minimum absolute atomic E-state index is 0.0201. The number of hydrogen-bond donors (Lipinski definition) is 7. The quantitative estimate of drug-likeness (QED) is 0.190. The predicted octanol–water partition coefficient (Wildman–Crippen LogP) is -0.0775. The van der Waals surface area contributed by atoms with Gasteiger partial charge in [0, 0.05) is 42.6 Å². The number of aromatic amines is 2. The van der Waals surface area contributed by atoms with Gasteiger partial charge >= 0.3 is 11.9 Å². The van der Waals surface area contributed by atoms with Crippen LogP contribution < -0.4 is 16.4 Å². The zero-order valence-corrected chi connectivity index (χ0v) is 18.2. The van der Waals surface area contributed by atoms with Crippen LogP contribution >= 0.6 is 0 Å². The minimum Gasteiger partial charge on any atom is -0.481 e. The number of H-pyrrole nitrogens is 2. The molecule has 8 N–H and O–H groups in total. The Hall–Kier alpha value is -4.19. The molecule has 1 aromatic carbocycles.